The summed E-state index contributed by atoms with van der Waals surface area (Å²) in [5, 5.41) is 17.7. The van der Waals surface area contributed by atoms with Crippen LogP contribution in [0.4, 0.5) is 11.4 Å². The fraction of sp³-hybridized carbons (Fsp3) is 0. The van der Waals surface area contributed by atoms with E-state index in [-0.39, 0.29) is 5.69 Å². The number of rotatable bonds is 6. The minimum atomic E-state index is -0.443. The molecule has 0 aliphatic carbocycles. The Kier molecular flexibility index (Phi) is 6.59. The second-order valence-corrected chi connectivity index (χ2v) is 10.5. The highest BCUT2D eigenvalue weighted by Gasteiger charge is 2.22. The third-order valence-corrected chi connectivity index (χ3v) is 7.85. The van der Waals surface area contributed by atoms with Gasteiger partial charge in [-0.3, -0.25) is 14.9 Å². The monoisotopic (exact) mass is 577 g/mol. The highest BCUT2D eigenvalue weighted by molar-refractivity contribution is 9.10. The lowest BCUT2D eigenvalue weighted by atomic mass is 10.0. The van der Waals surface area contributed by atoms with Gasteiger partial charge in [0.15, 0.2) is 0 Å². The predicted octanol–water partition coefficient (Wildman–Crippen LogP) is 6.71. The lowest BCUT2D eigenvalue weighted by molar-refractivity contribution is -0.384. The molecule has 178 valence electrons. The Bertz CT molecular complexity index is 1610. The summed E-state index contributed by atoms with van der Waals surface area (Å²) < 4.78 is 0.948. The van der Waals surface area contributed by atoms with Crippen LogP contribution in [0.15, 0.2) is 81.7 Å². The van der Waals surface area contributed by atoms with Gasteiger partial charge in [-0.2, -0.15) is 5.10 Å². The number of non-ortho nitro benzene ring substituents is 1. The minimum Gasteiger partial charge on any atom is -0.397 e. The van der Waals surface area contributed by atoms with Crippen molar-refractivity contribution in [2.45, 2.75) is 0 Å². The maximum atomic E-state index is 12.9. The van der Waals surface area contributed by atoms with Gasteiger partial charge in [-0.25, -0.2) is 10.4 Å². The van der Waals surface area contributed by atoms with Crippen LogP contribution in [0.2, 0.25) is 0 Å². The maximum absolute atomic E-state index is 12.9. The number of hydrazone groups is 1. The van der Waals surface area contributed by atoms with Crippen LogP contribution in [-0.2, 0) is 0 Å². The van der Waals surface area contributed by atoms with Crippen molar-refractivity contribution in [1.82, 2.24) is 10.4 Å². The van der Waals surface area contributed by atoms with Crippen molar-refractivity contribution in [3.8, 4) is 21.7 Å². The van der Waals surface area contributed by atoms with Gasteiger partial charge in [-0.1, -0.05) is 34.1 Å². The lowest BCUT2D eigenvalue weighted by Crippen LogP contribution is -2.17. The van der Waals surface area contributed by atoms with Crippen molar-refractivity contribution < 1.29 is 9.72 Å². The van der Waals surface area contributed by atoms with Crippen molar-refractivity contribution in [1.29, 1.82) is 0 Å². The number of nitro groups is 1. The van der Waals surface area contributed by atoms with Crippen LogP contribution in [-0.4, -0.2) is 22.0 Å². The average Bonchev–Trinajstić information content (AvgIpc) is 3.53. The molecule has 0 fully saturated rings. The minimum absolute atomic E-state index is 0.00123. The van der Waals surface area contributed by atoms with Crippen molar-refractivity contribution in [3.05, 3.63) is 97.1 Å². The van der Waals surface area contributed by atoms with Crippen molar-refractivity contribution in [2.24, 2.45) is 5.10 Å². The van der Waals surface area contributed by atoms with Crippen molar-refractivity contribution in [3.63, 3.8) is 0 Å². The number of hydrogen-bond acceptors (Lipinski definition) is 8. The number of nitrogens with two attached hydrogens (primary N) is 1. The summed E-state index contributed by atoms with van der Waals surface area (Å²) in [4.78, 5) is 30.1. The van der Waals surface area contributed by atoms with Crippen LogP contribution >= 0.6 is 38.6 Å². The summed E-state index contributed by atoms with van der Waals surface area (Å²) in [6.45, 7) is 0. The molecule has 36 heavy (non-hydrogen) atoms. The fourth-order valence-corrected chi connectivity index (χ4v) is 5.61. The predicted molar refractivity (Wildman–Crippen MR) is 149 cm³/mol. The van der Waals surface area contributed by atoms with Crippen LogP contribution in [0, 0.1) is 10.1 Å². The largest absolute Gasteiger partial charge is 0.397 e. The quantitative estimate of drug-likeness (QED) is 0.132. The van der Waals surface area contributed by atoms with E-state index >= 15 is 0 Å². The zero-order valence-electron chi connectivity index (χ0n) is 18.3. The Morgan fingerprint density at radius 3 is 2.56 bits per heavy atom. The van der Waals surface area contributed by atoms with Crippen molar-refractivity contribution in [2.75, 3.05) is 5.73 Å². The maximum Gasteiger partial charge on any atom is 0.283 e. The first-order chi connectivity index (χ1) is 17.4. The van der Waals surface area contributed by atoms with E-state index in [0.29, 0.717) is 26.5 Å². The van der Waals surface area contributed by atoms with E-state index in [1.807, 2.05) is 47.8 Å². The number of amides is 1. The molecule has 3 heterocycles. The summed E-state index contributed by atoms with van der Waals surface area (Å²) in [5.41, 5.74) is 12.4. The van der Waals surface area contributed by atoms with Crippen LogP contribution in [0.25, 0.3) is 31.9 Å². The molecule has 0 unspecified atom stereocenters. The molecular weight excluding hydrogens is 562 g/mol. The number of benzene rings is 2. The van der Waals surface area contributed by atoms with Gasteiger partial charge >= 0.3 is 0 Å². The first kappa shape index (κ1) is 23.8. The van der Waals surface area contributed by atoms with Crippen LogP contribution < -0.4 is 11.2 Å². The van der Waals surface area contributed by atoms with E-state index < -0.39 is 10.8 Å². The molecular formula is C25H16BrN5O3S2. The van der Waals surface area contributed by atoms with Gasteiger partial charge in [-0.15, -0.1) is 22.7 Å². The number of carbonyl (C=O) groups excluding carboxylic acids is 1. The molecule has 11 heteroatoms. The Labute approximate surface area is 221 Å². The van der Waals surface area contributed by atoms with E-state index in [0.717, 1.165) is 26.0 Å². The van der Waals surface area contributed by atoms with E-state index in [1.165, 1.54) is 23.5 Å². The number of nitrogens with zero attached hydrogens (tertiary/aromatic N) is 3. The smallest absolute Gasteiger partial charge is 0.283 e. The molecule has 1 amide bonds. The number of nitrogens with one attached hydrogen (secondary N) is 1. The first-order valence-electron chi connectivity index (χ1n) is 10.5. The normalized spacial score (nSPS) is 11.2. The highest BCUT2D eigenvalue weighted by Crippen LogP contribution is 2.42. The second-order valence-electron chi connectivity index (χ2n) is 7.61. The standard InChI is InChI=1S/C25H16BrN5O3S2/c26-16-7-3-14(4-8-16)13-28-30-24(32)23-22(27)21-18(20-2-1-11-35-20)12-19(29-25(21)36-23)15-5-9-17(10-6-15)31(33)34/h1-13H,27H2,(H,30,32)/b28-13+. The van der Waals surface area contributed by atoms with Crippen LogP contribution in [0.1, 0.15) is 15.2 Å². The zero-order valence-corrected chi connectivity index (χ0v) is 21.6. The van der Waals surface area contributed by atoms with Crippen molar-refractivity contribution >= 4 is 72.3 Å². The number of pyridine rings is 1. The first-order valence-corrected chi connectivity index (χ1v) is 13.0. The summed E-state index contributed by atoms with van der Waals surface area (Å²) in [6, 6.07) is 19.5. The van der Waals surface area contributed by atoms with E-state index in [9.17, 15) is 14.9 Å². The van der Waals surface area contributed by atoms with Crippen LogP contribution in [0.5, 0.6) is 0 Å². The zero-order chi connectivity index (χ0) is 25.2. The summed E-state index contributed by atoms with van der Waals surface area (Å²) in [5.74, 6) is -0.433. The average molecular weight is 578 g/mol. The summed E-state index contributed by atoms with van der Waals surface area (Å²) >= 11 is 6.10. The molecule has 0 spiro atoms. The molecule has 3 N–H and O–H groups in total. The number of hydrogen-bond donors (Lipinski definition) is 2. The van der Waals surface area contributed by atoms with E-state index in [4.69, 9.17) is 10.7 Å². The Morgan fingerprint density at radius 1 is 1.14 bits per heavy atom. The molecule has 2 aromatic carbocycles. The Balaban J connectivity index is 1.53. The molecule has 0 radical (unpaired) electrons. The number of anilines is 1. The number of fused-ring (bicyclic) bond motifs is 1. The molecule has 0 aliphatic rings. The van der Waals surface area contributed by atoms with Gasteiger partial charge in [0.25, 0.3) is 11.6 Å². The van der Waals surface area contributed by atoms with Gasteiger partial charge in [0.1, 0.15) is 9.71 Å². The van der Waals surface area contributed by atoms with E-state index in [1.54, 1.807) is 29.7 Å². The fourth-order valence-electron chi connectivity index (χ4n) is 3.58. The number of carbonyl (C=O) groups is 1. The highest BCUT2D eigenvalue weighted by atomic mass is 79.9. The Morgan fingerprint density at radius 2 is 1.89 bits per heavy atom. The SMILES string of the molecule is Nc1c(C(=O)N/N=C/c2ccc(Br)cc2)sc2nc(-c3ccc([N+](=O)[O-])cc3)cc(-c3cccs3)c12. The third-order valence-electron chi connectivity index (χ3n) is 5.32. The molecule has 5 aromatic rings. The van der Waals surface area contributed by atoms with Gasteiger partial charge in [-0.05, 0) is 47.3 Å². The molecule has 0 aliphatic heterocycles. The Hall–Kier alpha value is -3.93. The molecule has 0 atom stereocenters. The van der Waals surface area contributed by atoms with Crippen LogP contribution in [0.3, 0.4) is 0 Å². The molecule has 3 aromatic heterocycles. The van der Waals surface area contributed by atoms with Gasteiger partial charge in [0.2, 0.25) is 0 Å². The summed E-state index contributed by atoms with van der Waals surface area (Å²) in [6.07, 6.45) is 1.55. The summed E-state index contributed by atoms with van der Waals surface area (Å²) in [7, 11) is 0. The van der Waals surface area contributed by atoms with Gasteiger partial charge in [0.05, 0.1) is 22.5 Å². The third kappa shape index (κ3) is 4.76. The molecule has 8 nitrogen and oxygen atoms in total. The number of thiophene rings is 2. The van der Waals surface area contributed by atoms with Gasteiger partial charge in [0, 0.05) is 38.0 Å². The number of nitrogen functional groups attached to an aromatic ring is 1. The number of halogens is 1. The lowest BCUT2D eigenvalue weighted by Gasteiger charge is -2.07. The number of nitro benzene ring substituents is 1. The second kappa shape index (κ2) is 9.97. The molecule has 0 saturated heterocycles. The van der Waals surface area contributed by atoms with Gasteiger partial charge < -0.3 is 5.73 Å². The topological polar surface area (TPSA) is 124 Å². The number of aromatic nitrogens is 1. The molecule has 0 bridgehead atoms. The van der Waals surface area contributed by atoms with E-state index in [2.05, 4.69) is 26.5 Å². The molecule has 0 saturated carbocycles. The molecule has 5 rings (SSSR count).